The Hall–Kier alpha value is -3.82. The second-order valence-corrected chi connectivity index (χ2v) is 11.4. The summed E-state index contributed by atoms with van der Waals surface area (Å²) in [5, 5.41) is 8.50. The fourth-order valence-electron chi connectivity index (χ4n) is 5.00. The minimum absolute atomic E-state index is 0.0200. The Morgan fingerprint density at radius 2 is 1.66 bits per heavy atom. The number of carbonyl (C=O) groups excluding carboxylic acids is 2. The molecule has 3 aromatic rings. The second kappa shape index (κ2) is 16.3. The number of piperidine rings is 1. The van der Waals surface area contributed by atoms with E-state index in [0.717, 1.165) is 45.3 Å². The topological polar surface area (TPSA) is 91.9 Å². The Balaban J connectivity index is 1.28. The predicted octanol–water partition coefficient (Wildman–Crippen LogP) is 8.48. The zero-order chi connectivity index (χ0) is 31.5. The average molecular weight is 625 g/mol. The van der Waals surface area contributed by atoms with Gasteiger partial charge in [0.05, 0.1) is 10.7 Å². The van der Waals surface area contributed by atoms with Crippen LogP contribution in [0, 0.1) is 5.82 Å². The van der Waals surface area contributed by atoms with Gasteiger partial charge >= 0.3 is 6.03 Å². The quantitative estimate of drug-likeness (QED) is 0.177. The number of nitrogens with one attached hydrogen (secondary N) is 3. The predicted molar refractivity (Wildman–Crippen MR) is 174 cm³/mol. The number of benzene rings is 3. The SMILES string of the molecule is CCCCN1CCC(Oc2ccc(C(=O)Nc3ccc(Oc4ccc(NC(=O)NC(CC)CC)cc4Cl)cc3F)cc2)CC1. The first-order valence-electron chi connectivity index (χ1n) is 15.4. The van der Waals surface area contributed by atoms with E-state index in [4.69, 9.17) is 21.1 Å². The molecular formula is C34H42ClFN4O4. The van der Waals surface area contributed by atoms with Gasteiger partial charge in [-0.15, -0.1) is 0 Å². The molecule has 1 saturated heterocycles. The Morgan fingerprint density at radius 3 is 2.30 bits per heavy atom. The molecule has 3 amide bonds. The monoisotopic (exact) mass is 624 g/mol. The number of anilines is 2. The molecule has 3 N–H and O–H groups in total. The van der Waals surface area contributed by atoms with Crippen LogP contribution in [0.25, 0.3) is 0 Å². The molecule has 0 aliphatic carbocycles. The maximum Gasteiger partial charge on any atom is 0.319 e. The zero-order valence-corrected chi connectivity index (χ0v) is 26.4. The Morgan fingerprint density at radius 1 is 0.955 bits per heavy atom. The number of likely N-dealkylation sites (tertiary alicyclic amines) is 1. The van der Waals surface area contributed by atoms with Crippen molar-refractivity contribution in [2.45, 2.75) is 71.4 Å². The molecule has 3 aromatic carbocycles. The van der Waals surface area contributed by atoms with Crippen LogP contribution >= 0.6 is 11.6 Å². The molecule has 1 heterocycles. The first kappa shape index (κ1) is 33.1. The number of hydrogen-bond acceptors (Lipinski definition) is 5. The van der Waals surface area contributed by atoms with Crippen LogP contribution in [0.4, 0.5) is 20.6 Å². The summed E-state index contributed by atoms with van der Waals surface area (Å²) >= 11 is 6.36. The highest BCUT2D eigenvalue weighted by Crippen LogP contribution is 2.33. The number of unbranched alkanes of at least 4 members (excludes halogenated alkanes) is 1. The summed E-state index contributed by atoms with van der Waals surface area (Å²) in [5.41, 5.74) is 0.907. The molecule has 0 spiro atoms. The van der Waals surface area contributed by atoms with Crippen molar-refractivity contribution >= 4 is 34.9 Å². The minimum atomic E-state index is -0.659. The first-order valence-corrected chi connectivity index (χ1v) is 15.8. The van der Waals surface area contributed by atoms with Crippen molar-refractivity contribution in [2.75, 3.05) is 30.3 Å². The molecule has 1 aliphatic rings. The van der Waals surface area contributed by atoms with Crippen LogP contribution in [0.2, 0.25) is 5.02 Å². The van der Waals surface area contributed by atoms with Gasteiger partial charge in [0.25, 0.3) is 5.91 Å². The van der Waals surface area contributed by atoms with E-state index >= 15 is 0 Å². The van der Waals surface area contributed by atoms with Gasteiger partial charge in [0.1, 0.15) is 29.2 Å². The van der Waals surface area contributed by atoms with E-state index in [1.54, 1.807) is 42.5 Å². The number of rotatable bonds is 13. The average Bonchev–Trinajstić information content (AvgIpc) is 3.02. The molecule has 236 valence electrons. The van der Waals surface area contributed by atoms with Crippen molar-refractivity contribution in [2.24, 2.45) is 0 Å². The molecule has 8 nitrogen and oxygen atoms in total. The third kappa shape index (κ3) is 9.59. The van der Waals surface area contributed by atoms with Gasteiger partial charge in [0.2, 0.25) is 0 Å². The van der Waals surface area contributed by atoms with Crippen molar-refractivity contribution in [3.63, 3.8) is 0 Å². The van der Waals surface area contributed by atoms with Crippen molar-refractivity contribution in [1.82, 2.24) is 10.2 Å². The number of carbonyl (C=O) groups is 2. The highest BCUT2D eigenvalue weighted by Gasteiger charge is 2.20. The van der Waals surface area contributed by atoms with Crippen molar-refractivity contribution in [3.8, 4) is 17.2 Å². The highest BCUT2D eigenvalue weighted by atomic mass is 35.5. The van der Waals surface area contributed by atoms with Gasteiger partial charge < -0.3 is 30.3 Å². The lowest BCUT2D eigenvalue weighted by molar-refractivity contribution is 0.0996. The van der Waals surface area contributed by atoms with Crippen LogP contribution in [0.5, 0.6) is 17.2 Å². The molecule has 1 aliphatic heterocycles. The van der Waals surface area contributed by atoms with E-state index in [-0.39, 0.29) is 40.4 Å². The number of ether oxygens (including phenoxy) is 2. The van der Waals surface area contributed by atoms with Gasteiger partial charge in [-0.05, 0) is 93.2 Å². The molecule has 0 aromatic heterocycles. The Bertz CT molecular complexity index is 1390. The van der Waals surface area contributed by atoms with Gasteiger partial charge in [-0.3, -0.25) is 4.79 Å². The lowest BCUT2D eigenvalue weighted by atomic mass is 10.1. The van der Waals surface area contributed by atoms with Crippen LogP contribution in [-0.4, -0.2) is 48.6 Å². The number of amides is 3. The maximum absolute atomic E-state index is 14.9. The first-order chi connectivity index (χ1) is 21.3. The second-order valence-electron chi connectivity index (χ2n) is 11.0. The zero-order valence-electron chi connectivity index (χ0n) is 25.6. The molecule has 10 heteroatoms. The van der Waals surface area contributed by atoms with Gasteiger partial charge in [0.15, 0.2) is 0 Å². The summed E-state index contributed by atoms with van der Waals surface area (Å²) in [6.45, 7) is 9.44. The van der Waals surface area contributed by atoms with Crippen molar-refractivity contribution in [3.05, 3.63) is 77.1 Å². The smallest absolute Gasteiger partial charge is 0.319 e. The summed E-state index contributed by atoms with van der Waals surface area (Å²) in [4.78, 5) is 27.5. The number of hydrogen-bond donors (Lipinski definition) is 3. The van der Waals surface area contributed by atoms with Crippen LogP contribution in [0.1, 0.15) is 69.7 Å². The van der Waals surface area contributed by atoms with E-state index in [0.29, 0.717) is 17.0 Å². The summed E-state index contributed by atoms with van der Waals surface area (Å²) in [6, 6.07) is 15.6. The Labute approximate surface area is 264 Å². The van der Waals surface area contributed by atoms with Gasteiger partial charge in [0, 0.05) is 36.4 Å². The maximum atomic E-state index is 14.9. The molecule has 4 rings (SSSR count). The van der Waals surface area contributed by atoms with Crippen molar-refractivity contribution < 1.29 is 23.5 Å². The van der Waals surface area contributed by atoms with E-state index in [1.807, 2.05) is 13.8 Å². The van der Waals surface area contributed by atoms with Gasteiger partial charge in [-0.2, -0.15) is 0 Å². The lowest BCUT2D eigenvalue weighted by Crippen LogP contribution is -2.38. The minimum Gasteiger partial charge on any atom is -0.490 e. The number of nitrogens with zero attached hydrogens (tertiary/aromatic N) is 1. The molecule has 0 atom stereocenters. The van der Waals surface area contributed by atoms with Gasteiger partial charge in [-0.1, -0.05) is 38.8 Å². The van der Waals surface area contributed by atoms with Crippen LogP contribution in [0.15, 0.2) is 60.7 Å². The van der Waals surface area contributed by atoms with E-state index in [1.165, 1.54) is 31.0 Å². The standard InChI is InChI=1S/C34H42ClFN4O4/c1-4-7-18-40-19-16-27(17-20-40)43-26-11-8-23(9-12-26)33(41)39-31-14-13-28(22-30(31)36)44-32-15-10-25(21-29(32)35)38-34(42)37-24(5-2)6-3/h8-15,21-22,24,27H,4-7,16-20H2,1-3H3,(H,39,41)(H2,37,38,42). The number of halogens is 2. The summed E-state index contributed by atoms with van der Waals surface area (Å²) in [5.74, 6) is 0.111. The van der Waals surface area contributed by atoms with Gasteiger partial charge in [-0.25, -0.2) is 9.18 Å². The van der Waals surface area contributed by atoms with Crippen LogP contribution < -0.4 is 25.4 Å². The third-order valence-corrected chi connectivity index (χ3v) is 8.00. The molecule has 0 saturated carbocycles. The number of urea groups is 1. The normalized spacial score (nSPS) is 13.9. The van der Waals surface area contributed by atoms with E-state index < -0.39 is 11.7 Å². The van der Waals surface area contributed by atoms with E-state index in [2.05, 4.69) is 27.8 Å². The summed E-state index contributed by atoms with van der Waals surface area (Å²) in [7, 11) is 0. The fraction of sp³-hybridized carbons (Fsp3) is 0.412. The summed E-state index contributed by atoms with van der Waals surface area (Å²) < 4.78 is 26.8. The lowest BCUT2D eigenvalue weighted by Gasteiger charge is -2.32. The van der Waals surface area contributed by atoms with E-state index in [9.17, 15) is 14.0 Å². The highest BCUT2D eigenvalue weighted by molar-refractivity contribution is 6.32. The van der Waals surface area contributed by atoms with Crippen molar-refractivity contribution in [1.29, 1.82) is 0 Å². The fourth-order valence-corrected chi connectivity index (χ4v) is 5.22. The molecular weight excluding hydrogens is 583 g/mol. The van der Waals surface area contributed by atoms with Crippen LogP contribution in [-0.2, 0) is 0 Å². The molecule has 0 radical (unpaired) electrons. The summed E-state index contributed by atoms with van der Waals surface area (Å²) in [6.07, 6.45) is 6.22. The molecule has 0 bridgehead atoms. The largest absolute Gasteiger partial charge is 0.490 e. The third-order valence-electron chi connectivity index (χ3n) is 7.71. The molecule has 1 fully saturated rings. The Kier molecular flexibility index (Phi) is 12.3. The van der Waals surface area contributed by atoms with Crippen LogP contribution in [0.3, 0.4) is 0 Å². The molecule has 44 heavy (non-hydrogen) atoms. The molecule has 0 unspecified atom stereocenters.